The Bertz CT molecular complexity index is 1230. The molecule has 2 heterocycles. The number of hydrogen-bond acceptors (Lipinski definition) is 6. The summed E-state index contributed by atoms with van der Waals surface area (Å²) in [6, 6.07) is 18.1. The summed E-state index contributed by atoms with van der Waals surface area (Å²) in [4.78, 5) is 41.5. The predicted molar refractivity (Wildman–Crippen MR) is 122 cm³/mol. The fraction of sp³-hybridized carbons (Fsp3) is 0.280. The summed E-state index contributed by atoms with van der Waals surface area (Å²) < 4.78 is 28.3. The van der Waals surface area contributed by atoms with Gasteiger partial charge in [-0.25, -0.2) is 14.0 Å². The molecule has 1 amide bonds. The Kier molecular flexibility index (Phi) is 6.56. The molecule has 0 saturated carbocycles. The monoisotopic (exact) mass is 465 g/mol. The Morgan fingerprint density at radius 1 is 1.09 bits per heavy atom. The molecule has 0 bridgehead atoms. The fourth-order valence-corrected chi connectivity index (χ4v) is 3.91. The van der Waals surface area contributed by atoms with Gasteiger partial charge < -0.3 is 14.8 Å². The van der Waals surface area contributed by atoms with Gasteiger partial charge in [0.1, 0.15) is 11.9 Å². The molecule has 1 N–H and O–H groups in total. The number of alkyl halides is 1. The van der Waals surface area contributed by atoms with Crippen molar-refractivity contribution in [3.05, 3.63) is 94.5 Å². The van der Waals surface area contributed by atoms with Gasteiger partial charge in [-0.1, -0.05) is 43.3 Å². The molecule has 3 aromatic rings. The molecule has 0 spiro atoms. The number of ether oxygens (including phenoxy) is 2. The van der Waals surface area contributed by atoms with Gasteiger partial charge in [0.05, 0.1) is 5.56 Å². The van der Waals surface area contributed by atoms with Crippen LogP contribution in [0.15, 0.2) is 77.7 Å². The molecular weight excluding hydrogens is 441 g/mol. The maximum absolute atomic E-state index is 16.0. The second-order valence-corrected chi connectivity index (χ2v) is 8.10. The van der Waals surface area contributed by atoms with Gasteiger partial charge in [0.15, 0.2) is 18.0 Å². The average molecular weight is 465 g/mol. The minimum Gasteiger partial charge on any atom is -0.452 e. The highest BCUT2D eigenvalue weighted by atomic mass is 19.1. The van der Waals surface area contributed by atoms with E-state index in [-0.39, 0.29) is 11.4 Å². The minimum atomic E-state index is -2.22. The Hall–Kier alpha value is -3.85. The second kappa shape index (κ2) is 9.56. The van der Waals surface area contributed by atoms with Crippen LogP contribution in [-0.2, 0) is 9.47 Å². The summed E-state index contributed by atoms with van der Waals surface area (Å²) in [7, 11) is 0. The SMILES string of the molecule is CC[C@H]1O[C@@H](n2ccc(NC(=O)c3ccccc3)nc2=O)C(C)(F)[C@H]1OC(=O)c1ccccc1. The minimum absolute atomic E-state index is 0.0211. The van der Waals surface area contributed by atoms with Crippen molar-refractivity contribution in [3.8, 4) is 0 Å². The lowest BCUT2D eigenvalue weighted by molar-refractivity contribution is -0.0518. The molecule has 34 heavy (non-hydrogen) atoms. The number of nitrogens with one attached hydrogen (secondary N) is 1. The van der Waals surface area contributed by atoms with Crippen molar-refractivity contribution in [2.24, 2.45) is 0 Å². The van der Waals surface area contributed by atoms with Crippen molar-refractivity contribution in [1.82, 2.24) is 9.55 Å². The first-order valence-corrected chi connectivity index (χ1v) is 10.9. The number of amides is 1. The maximum Gasteiger partial charge on any atom is 0.351 e. The Labute approximate surface area is 195 Å². The number of hydrogen-bond donors (Lipinski definition) is 1. The van der Waals surface area contributed by atoms with Gasteiger partial charge in [0.2, 0.25) is 0 Å². The van der Waals surface area contributed by atoms with E-state index in [0.29, 0.717) is 12.0 Å². The normalized spacial score (nSPS) is 23.9. The van der Waals surface area contributed by atoms with E-state index in [1.54, 1.807) is 67.6 Å². The first-order chi connectivity index (χ1) is 16.3. The quantitative estimate of drug-likeness (QED) is 0.557. The van der Waals surface area contributed by atoms with E-state index in [0.717, 1.165) is 4.57 Å². The van der Waals surface area contributed by atoms with Crippen LogP contribution >= 0.6 is 0 Å². The van der Waals surface area contributed by atoms with Gasteiger partial charge in [-0.15, -0.1) is 0 Å². The summed E-state index contributed by atoms with van der Waals surface area (Å²) in [6.07, 6.45) is -1.72. The number of rotatable bonds is 6. The van der Waals surface area contributed by atoms with E-state index in [1.165, 1.54) is 19.2 Å². The predicted octanol–water partition coefficient (Wildman–Crippen LogP) is 3.76. The molecule has 8 nitrogen and oxygen atoms in total. The first kappa shape index (κ1) is 23.3. The molecule has 0 aliphatic carbocycles. The molecule has 1 fully saturated rings. The standard InChI is InChI=1S/C25H24FN3O5/c1-3-18-20(34-22(31)17-12-8-5-9-13-17)25(2,26)23(33-18)29-15-14-19(28-24(29)32)27-21(30)16-10-6-4-7-11-16/h4-15,18,20,23H,3H2,1-2H3,(H,27,28,30,32)/t18-,20+,23-,25?/m1/s1. The third kappa shape index (κ3) is 4.60. The zero-order valence-electron chi connectivity index (χ0n) is 18.7. The van der Waals surface area contributed by atoms with E-state index in [4.69, 9.17) is 9.47 Å². The van der Waals surface area contributed by atoms with Crippen molar-refractivity contribution in [3.63, 3.8) is 0 Å². The number of benzene rings is 2. The highest BCUT2D eigenvalue weighted by Crippen LogP contribution is 2.43. The highest BCUT2D eigenvalue weighted by molar-refractivity contribution is 6.03. The van der Waals surface area contributed by atoms with Gasteiger partial charge >= 0.3 is 11.7 Å². The number of carbonyl (C=O) groups excluding carboxylic acids is 2. The molecule has 4 rings (SSSR count). The first-order valence-electron chi connectivity index (χ1n) is 10.9. The van der Waals surface area contributed by atoms with E-state index in [9.17, 15) is 14.4 Å². The molecule has 1 aliphatic rings. The molecule has 9 heteroatoms. The van der Waals surface area contributed by atoms with Crippen LogP contribution in [0.25, 0.3) is 0 Å². The molecule has 1 unspecified atom stereocenters. The number of nitrogens with zero attached hydrogens (tertiary/aromatic N) is 2. The van der Waals surface area contributed by atoms with E-state index >= 15 is 4.39 Å². The molecule has 1 aliphatic heterocycles. The van der Waals surface area contributed by atoms with Crippen LogP contribution in [0, 0.1) is 0 Å². The molecule has 1 saturated heterocycles. The summed E-state index contributed by atoms with van der Waals surface area (Å²) in [5.41, 5.74) is -2.35. The number of aromatic nitrogens is 2. The molecule has 0 radical (unpaired) electrons. The van der Waals surface area contributed by atoms with Gasteiger partial charge in [0.25, 0.3) is 5.91 Å². The highest BCUT2D eigenvalue weighted by Gasteiger charge is 2.57. The summed E-state index contributed by atoms with van der Waals surface area (Å²) in [5.74, 6) is -1.09. The van der Waals surface area contributed by atoms with E-state index in [1.807, 2.05) is 0 Å². The van der Waals surface area contributed by atoms with Crippen molar-refractivity contribution in [2.45, 2.75) is 44.4 Å². The molecule has 176 valence electrons. The van der Waals surface area contributed by atoms with Crippen LogP contribution in [0.1, 0.15) is 47.2 Å². The maximum atomic E-state index is 16.0. The number of esters is 1. The Balaban J connectivity index is 1.54. The van der Waals surface area contributed by atoms with Gasteiger partial charge in [-0.2, -0.15) is 4.98 Å². The second-order valence-electron chi connectivity index (χ2n) is 8.10. The summed E-state index contributed by atoms with van der Waals surface area (Å²) in [6.45, 7) is 3.00. The number of anilines is 1. The van der Waals surface area contributed by atoms with Gasteiger partial charge in [-0.3, -0.25) is 9.36 Å². The van der Waals surface area contributed by atoms with Crippen molar-refractivity contribution in [2.75, 3.05) is 5.32 Å². The van der Waals surface area contributed by atoms with Crippen LogP contribution in [0.5, 0.6) is 0 Å². The van der Waals surface area contributed by atoms with Crippen LogP contribution in [0.4, 0.5) is 10.2 Å². The average Bonchev–Trinajstić information content (AvgIpc) is 3.09. The van der Waals surface area contributed by atoms with Crippen molar-refractivity contribution in [1.29, 1.82) is 0 Å². The zero-order valence-corrected chi connectivity index (χ0v) is 18.7. The van der Waals surface area contributed by atoms with Gasteiger partial charge in [-0.05, 0) is 43.7 Å². The number of halogens is 1. The van der Waals surface area contributed by atoms with Crippen LogP contribution < -0.4 is 11.0 Å². The van der Waals surface area contributed by atoms with Crippen molar-refractivity contribution >= 4 is 17.7 Å². The third-order valence-electron chi connectivity index (χ3n) is 5.69. The largest absolute Gasteiger partial charge is 0.452 e. The van der Waals surface area contributed by atoms with E-state index < -0.39 is 41.7 Å². The zero-order chi connectivity index (χ0) is 24.3. The fourth-order valence-electron chi connectivity index (χ4n) is 3.91. The lowest BCUT2D eigenvalue weighted by Crippen LogP contribution is -2.44. The Morgan fingerprint density at radius 3 is 2.29 bits per heavy atom. The van der Waals surface area contributed by atoms with E-state index in [2.05, 4.69) is 10.3 Å². The topological polar surface area (TPSA) is 99.5 Å². The molecule has 2 aromatic carbocycles. The number of carbonyl (C=O) groups is 2. The summed E-state index contributed by atoms with van der Waals surface area (Å²) in [5, 5.41) is 2.54. The van der Waals surface area contributed by atoms with Crippen LogP contribution in [0.3, 0.4) is 0 Å². The Morgan fingerprint density at radius 2 is 1.71 bits per heavy atom. The molecule has 4 atom stereocenters. The van der Waals surface area contributed by atoms with Crippen LogP contribution in [-0.4, -0.2) is 39.3 Å². The smallest absolute Gasteiger partial charge is 0.351 e. The molecule has 1 aromatic heterocycles. The van der Waals surface area contributed by atoms with Gasteiger partial charge in [0, 0.05) is 11.8 Å². The van der Waals surface area contributed by atoms with Crippen LogP contribution in [0.2, 0.25) is 0 Å². The lowest BCUT2D eigenvalue weighted by Gasteiger charge is -2.27. The van der Waals surface area contributed by atoms with Crippen molar-refractivity contribution < 1.29 is 23.5 Å². The third-order valence-corrected chi connectivity index (χ3v) is 5.69. The molecular formula is C25H24FN3O5. The summed E-state index contributed by atoms with van der Waals surface area (Å²) >= 11 is 0. The lowest BCUT2D eigenvalue weighted by atomic mass is 9.96.